The molecule has 154 valence electrons. The molecule has 3 aromatic heterocycles. The topological polar surface area (TPSA) is 153 Å². The number of hydrogen-bond donors (Lipinski definition) is 4. The Labute approximate surface area is 171 Å². The summed E-state index contributed by atoms with van der Waals surface area (Å²) in [5.41, 5.74) is 10.3. The first-order valence-corrected chi connectivity index (χ1v) is 8.91. The van der Waals surface area contributed by atoms with Crippen LogP contribution in [0.4, 0.5) is 26.4 Å². The lowest BCUT2D eigenvalue weighted by Gasteiger charge is -2.20. The monoisotopic (exact) mass is 433 g/mol. The van der Waals surface area contributed by atoms with Crippen molar-refractivity contribution in [2.24, 2.45) is 0 Å². The SMILES string of the molecule is C[C@H](Nc1nc(N)nc(N)c1Cl)c1nc2c(F)c(F)ccc2c(=O)n1-c1ccn[nH]1. The second kappa shape index (κ2) is 7.22. The number of aromatic nitrogens is 6. The van der Waals surface area contributed by atoms with E-state index in [1.54, 1.807) is 6.92 Å². The van der Waals surface area contributed by atoms with E-state index in [1.165, 1.54) is 22.9 Å². The van der Waals surface area contributed by atoms with Crippen molar-refractivity contribution in [3.05, 3.63) is 57.2 Å². The van der Waals surface area contributed by atoms with E-state index in [4.69, 9.17) is 23.1 Å². The van der Waals surface area contributed by atoms with Crippen LogP contribution in [0, 0.1) is 11.6 Å². The first kappa shape index (κ1) is 19.5. The third-order valence-electron chi connectivity index (χ3n) is 4.32. The Morgan fingerprint density at radius 3 is 2.67 bits per heavy atom. The van der Waals surface area contributed by atoms with E-state index in [0.717, 1.165) is 6.07 Å². The van der Waals surface area contributed by atoms with Crippen molar-refractivity contribution < 1.29 is 8.78 Å². The molecule has 4 rings (SSSR count). The first-order valence-electron chi connectivity index (χ1n) is 8.53. The lowest BCUT2D eigenvalue weighted by Crippen LogP contribution is -2.28. The Kier molecular flexibility index (Phi) is 4.70. The van der Waals surface area contributed by atoms with Crippen molar-refractivity contribution >= 4 is 40.1 Å². The van der Waals surface area contributed by atoms with Gasteiger partial charge >= 0.3 is 0 Å². The van der Waals surface area contributed by atoms with E-state index < -0.39 is 28.8 Å². The van der Waals surface area contributed by atoms with Crippen LogP contribution < -0.4 is 22.3 Å². The fourth-order valence-corrected chi connectivity index (χ4v) is 3.09. The van der Waals surface area contributed by atoms with Gasteiger partial charge in [0.1, 0.15) is 28.0 Å². The number of nitrogen functional groups attached to an aromatic ring is 2. The Hall–Kier alpha value is -3.80. The van der Waals surface area contributed by atoms with E-state index in [-0.39, 0.29) is 39.6 Å². The maximum atomic E-state index is 14.4. The second-order valence-corrected chi connectivity index (χ2v) is 6.68. The largest absolute Gasteiger partial charge is 0.382 e. The highest BCUT2D eigenvalue weighted by Gasteiger charge is 2.23. The highest BCUT2D eigenvalue weighted by molar-refractivity contribution is 6.35. The molecule has 4 aromatic rings. The summed E-state index contributed by atoms with van der Waals surface area (Å²) in [7, 11) is 0. The molecule has 1 atom stereocenters. The molecule has 0 spiro atoms. The molecule has 10 nitrogen and oxygen atoms in total. The molecule has 30 heavy (non-hydrogen) atoms. The summed E-state index contributed by atoms with van der Waals surface area (Å²) >= 11 is 6.13. The number of benzene rings is 1. The van der Waals surface area contributed by atoms with Gasteiger partial charge in [-0.15, -0.1) is 0 Å². The number of nitrogens with two attached hydrogens (primary N) is 2. The Morgan fingerprint density at radius 2 is 1.97 bits per heavy atom. The van der Waals surface area contributed by atoms with Gasteiger partial charge in [-0.25, -0.2) is 18.3 Å². The molecule has 0 bridgehead atoms. The minimum atomic E-state index is -1.23. The van der Waals surface area contributed by atoms with Gasteiger partial charge in [0.15, 0.2) is 17.5 Å². The van der Waals surface area contributed by atoms with E-state index in [9.17, 15) is 13.6 Å². The number of nitrogens with zero attached hydrogens (tertiary/aromatic N) is 5. The van der Waals surface area contributed by atoms with Crippen LogP contribution in [0.15, 0.2) is 29.2 Å². The zero-order valence-corrected chi connectivity index (χ0v) is 16.1. The van der Waals surface area contributed by atoms with Crippen LogP contribution in [0.5, 0.6) is 0 Å². The smallest absolute Gasteiger partial charge is 0.267 e. The molecule has 0 aliphatic heterocycles. The molecular formula is C17H14ClF2N9O. The van der Waals surface area contributed by atoms with Gasteiger partial charge < -0.3 is 16.8 Å². The molecule has 1 aromatic carbocycles. The minimum Gasteiger partial charge on any atom is -0.382 e. The van der Waals surface area contributed by atoms with Crippen LogP contribution >= 0.6 is 11.6 Å². The average molecular weight is 434 g/mol. The fourth-order valence-electron chi connectivity index (χ4n) is 2.95. The van der Waals surface area contributed by atoms with Gasteiger partial charge in [-0.2, -0.15) is 15.1 Å². The number of anilines is 3. The van der Waals surface area contributed by atoms with Crippen molar-refractivity contribution in [1.82, 2.24) is 29.7 Å². The van der Waals surface area contributed by atoms with Gasteiger partial charge in [0.25, 0.3) is 5.56 Å². The molecule has 3 heterocycles. The Morgan fingerprint density at radius 1 is 1.20 bits per heavy atom. The molecule has 13 heteroatoms. The summed E-state index contributed by atoms with van der Waals surface area (Å²) in [6.07, 6.45) is 1.43. The first-order chi connectivity index (χ1) is 14.3. The van der Waals surface area contributed by atoms with Crippen molar-refractivity contribution in [2.75, 3.05) is 16.8 Å². The molecule has 0 unspecified atom stereocenters. The standard InChI is InChI=1S/C17H14ClF2N9O/c1-6(24-14-10(18)13(21)26-17(22)27-14)15-25-12-7(2-3-8(19)11(12)20)16(30)29(15)9-4-5-23-28-9/h2-6H,1H3,(H,23,28)(H5,21,22,24,26,27)/t6-/m0/s1. The molecule has 6 N–H and O–H groups in total. The summed E-state index contributed by atoms with van der Waals surface area (Å²) in [6, 6.07) is 2.78. The van der Waals surface area contributed by atoms with Gasteiger partial charge in [0.05, 0.1) is 17.6 Å². The van der Waals surface area contributed by atoms with Crippen LogP contribution in [-0.4, -0.2) is 29.7 Å². The minimum absolute atomic E-state index is 0.00417. The fraction of sp³-hybridized carbons (Fsp3) is 0.118. The third-order valence-corrected chi connectivity index (χ3v) is 4.69. The van der Waals surface area contributed by atoms with Crippen molar-refractivity contribution in [3.8, 4) is 5.82 Å². The molecule has 0 amide bonds. The van der Waals surface area contributed by atoms with Crippen LogP contribution in [0.1, 0.15) is 18.8 Å². The number of nitrogens with one attached hydrogen (secondary N) is 2. The van der Waals surface area contributed by atoms with Gasteiger partial charge in [0, 0.05) is 6.07 Å². The lowest BCUT2D eigenvalue weighted by molar-refractivity contribution is 0.514. The lowest BCUT2D eigenvalue weighted by atomic mass is 10.2. The van der Waals surface area contributed by atoms with E-state index in [0.29, 0.717) is 0 Å². The highest BCUT2D eigenvalue weighted by atomic mass is 35.5. The predicted octanol–water partition coefficient (Wildman–Crippen LogP) is 2.17. The number of fused-ring (bicyclic) bond motifs is 1. The maximum Gasteiger partial charge on any atom is 0.267 e. The van der Waals surface area contributed by atoms with E-state index in [1.807, 2.05) is 0 Å². The molecule has 0 aliphatic rings. The molecular weight excluding hydrogens is 420 g/mol. The maximum absolute atomic E-state index is 14.4. The molecule has 0 fully saturated rings. The highest BCUT2D eigenvalue weighted by Crippen LogP contribution is 2.29. The van der Waals surface area contributed by atoms with Gasteiger partial charge in [-0.3, -0.25) is 9.89 Å². The van der Waals surface area contributed by atoms with Crippen molar-refractivity contribution in [2.45, 2.75) is 13.0 Å². The number of aromatic amines is 1. The van der Waals surface area contributed by atoms with E-state index >= 15 is 0 Å². The molecule has 0 saturated carbocycles. The van der Waals surface area contributed by atoms with Crippen LogP contribution in [0.2, 0.25) is 5.02 Å². The van der Waals surface area contributed by atoms with Gasteiger partial charge in [-0.05, 0) is 19.1 Å². The zero-order valence-electron chi connectivity index (χ0n) is 15.3. The summed E-state index contributed by atoms with van der Waals surface area (Å²) in [6.45, 7) is 1.61. The van der Waals surface area contributed by atoms with Crippen LogP contribution in [-0.2, 0) is 0 Å². The second-order valence-electron chi connectivity index (χ2n) is 6.31. The van der Waals surface area contributed by atoms with Crippen LogP contribution in [0.25, 0.3) is 16.7 Å². The number of hydrogen-bond acceptors (Lipinski definition) is 8. The van der Waals surface area contributed by atoms with Gasteiger partial charge in [0.2, 0.25) is 5.95 Å². The molecule has 0 radical (unpaired) electrons. The number of halogens is 3. The summed E-state index contributed by atoms with van der Waals surface area (Å²) in [5, 5.41) is 9.31. The third kappa shape index (κ3) is 3.16. The summed E-state index contributed by atoms with van der Waals surface area (Å²) in [5.74, 6) is -2.15. The van der Waals surface area contributed by atoms with E-state index in [2.05, 4.69) is 30.5 Å². The predicted molar refractivity (Wildman–Crippen MR) is 107 cm³/mol. The quantitative estimate of drug-likeness (QED) is 0.382. The number of H-pyrrole nitrogens is 1. The normalized spacial score (nSPS) is 12.3. The Bertz CT molecular complexity index is 1320. The van der Waals surface area contributed by atoms with Crippen molar-refractivity contribution in [3.63, 3.8) is 0 Å². The summed E-state index contributed by atoms with van der Waals surface area (Å²) < 4.78 is 29.3. The summed E-state index contributed by atoms with van der Waals surface area (Å²) in [4.78, 5) is 25.0. The average Bonchev–Trinajstić information content (AvgIpc) is 3.22. The zero-order chi connectivity index (χ0) is 21.6. The molecule has 0 aliphatic carbocycles. The van der Waals surface area contributed by atoms with Crippen molar-refractivity contribution in [1.29, 1.82) is 0 Å². The Balaban J connectivity index is 1.94. The van der Waals surface area contributed by atoms with Gasteiger partial charge in [-0.1, -0.05) is 11.6 Å². The van der Waals surface area contributed by atoms with Crippen LogP contribution in [0.3, 0.4) is 0 Å². The number of rotatable bonds is 4. The molecule has 0 saturated heterocycles.